The van der Waals surface area contributed by atoms with Gasteiger partial charge in [0.1, 0.15) is 61.3 Å². The summed E-state index contributed by atoms with van der Waals surface area (Å²) < 4.78 is 133. The Morgan fingerprint density at radius 3 is 1.08 bits per heavy atom. The Bertz CT molecular complexity index is 4910. The number of rotatable bonds is 36. The van der Waals surface area contributed by atoms with E-state index in [-0.39, 0.29) is 55.3 Å². The van der Waals surface area contributed by atoms with Crippen molar-refractivity contribution >= 4 is 65.3 Å². The van der Waals surface area contributed by atoms with Crippen molar-refractivity contribution < 1.29 is 143 Å². The lowest BCUT2D eigenvalue weighted by Gasteiger charge is -2.50. The maximum atomic E-state index is 15.5. The summed E-state index contributed by atoms with van der Waals surface area (Å²) in [5, 5.41) is 11.9. The summed E-state index contributed by atoms with van der Waals surface area (Å²) in [6.07, 6.45) is -36.0. The first kappa shape index (κ1) is 94.9. The Morgan fingerprint density at radius 2 is 0.646 bits per heavy atom. The molecule has 31 heteroatoms. The highest BCUT2D eigenvalue weighted by atomic mass is 35.5. The lowest BCUT2D eigenvalue weighted by atomic mass is 9.94. The summed E-state index contributed by atoms with van der Waals surface area (Å²) in [7, 11) is 0. The number of esters is 9. The minimum Gasteiger partial charge on any atom is -0.462 e. The molecule has 4 aliphatic heterocycles. The molecule has 4 heterocycles. The predicted molar refractivity (Wildman–Crippen MR) is 449 cm³/mol. The SMILES string of the molecule is CC(=O)O[C@@H]1[C@@H](OC(C)=O)[C@@H](O)O[C@H](CO[C@@H]2O[C@H](CO[C@@H]3O[C@H](COC(=O)CCl)[C@@H](OC(=O)c4ccc(C)cc4)[C@H](OC(=O)c4ccc(C)cc4)[C@H]3OC(=O)c3ccc(C)cc3)[C@@H](OCc3ccccc3)[C@H](O[C@@H]3O[C@H](COCc4ccccc4)[C@@H](OCc4ccccc4)[C@H](OCc4ccccc4)[C@H]3OC(=O)C(C)(C)C)[C@H]2OC(=O)c2ccccc2)[C@H]1OC(C)=O. The van der Waals surface area contributed by atoms with Crippen molar-refractivity contribution in [3.05, 3.63) is 286 Å². The number of aliphatic hydroxyl groups is 1. The van der Waals surface area contributed by atoms with E-state index in [0.717, 1.165) is 48.6 Å². The summed E-state index contributed by atoms with van der Waals surface area (Å²) in [5.41, 5.74) is 3.66. The van der Waals surface area contributed by atoms with E-state index in [0.29, 0.717) is 11.1 Å². The van der Waals surface area contributed by atoms with Gasteiger partial charge in [0.2, 0.25) is 0 Å². The van der Waals surface area contributed by atoms with Gasteiger partial charge in [0, 0.05) is 20.8 Å². The molecule has 4 fully saturated rings. The lowest BCUT2D eigenvalue weighted by Crippen LogP contribution is -2.68. The third-order valence-corrected chi connectivity index (χ3v) is 21.1. The number of halogens is 1. The van der Waals surface area contributed by atoms with Crippen LogP contribution >= 0.6 is 11.6 Å². The van der Waals surface area contributed by atoms with E-state index < -0.39 is 208 Å². The van der Waals surface area contributed by atoms with Crippen molar-refractivity contribution in [1.29, 1.82) is 0 Å². The summed E-state index contributed by atoms with van der Waals surface area (Å²) >= 11 is 6.09. The molecule has 4 saturated heterocycles. The number of benzene rings is 8. The van der Waals surface area contributed by atoms with E-state index in [2.05, 4.69) is 0 Å². The van der Waals surface area contributed by atoms with Crippen LogP contribution in [0.3, 0.4) is 0 Å². The van der Waals surface area contributed by atoms with Gasteiger partial charge in [0.25, 0.3) is 0 Å². The highest BCUT2D eigenvalue weighted by Gasteiger charge is 2.60. The van der Waals surface area contributed by atoms with Crippen LogP contribution in [0.1, 0.15) is 122 Å². The third kappa shape index (κ3) is 26.5. The fourth-order valence-corrected chi connectivity index (χ4v) is 14.5. The molecule has 0 saturated carbocycles. The average molecular weight is 1770 g/mol. The first-order valence-corrected chi connectivity index (χ1v) is 42.0. The summed E-state index contributed by atoms with van der Waals surface area (Å²) in [6.45, 7) is 10.0. The Balaban J connectivity index is 1.06. The van der Waals surface area contributed by atoms with Crippen LogP contribution in [0.25, 0.3) is 0 Å². The van der Waals surface area contributed by atoms with E-state index >= 15 is 19.2 Å². The van der Waals surface area contributed by atoms with E-state index in [9.17, 15) is 29.1 Å². The zero-order valence-electron chi connectivity index (χ0n) is 71.4. The van der Waals surface area contributed by atoms with Gasteiger partial charge >= 0.3 is 53.7 Å². The van der Waals surface area contributed by atoms with Crippen LogP contribution in [-0.2, 0) is 145 Å². The summed E-state index contributed by atoms with van der Waals surface area (Å²) in [5.74, 6) is -9.50. The van der Waals surface area contributed by atoms with Gasteiger partial charge in [-0.1, -0.05) is 193 Å². The summed E-state index contributed by atoms with van der Waals surface area (Å²) in [4.78, 5) is 128. The fourth-order valence-electron chi connectivity index (χ4n) is 14.4. The van der Waals surface area contributed by atoms with Gasteiger partial charge in [-0.3, -0.25) is 24.0 Å². The van der Waals surface area contributed by atoms with E-state index in [1.807, 2.05) is 91.0 Å². The number of hydrogen-bond donors (Lipinski definition) is 1. The summed E-state index contributed by atoms with van der Waals surface area (Å²) in [6, 6.07) is 62.9. The molecule has 30 nitrogen and oxygen atoms in total. The standard InChI is InChI=1S/C96H103ClO30/c1-56-35-41-67(42-36-56)88(103)122-78-73(53-109-74(101)47-97)120-93(86(125-90(105)69-45-39-58(3)40-46-69)82(78)123-89(104)68-43-37-57(2)38-44-68)113-54-71-76(111-50-64-29-19-12-20-30-64)80(85(124-87(102)66-33-23-14-24-34-66)92(119-71)114-55-72-77(115-59(4)98)81(116-60(5)99)83(91(106)118-72)117-61(6)100)126-94-84(127-95(107)96(7,8)9)79(112-51-65-31-21-13-22-32-65)75(110-49-63-27-17-11-18-28-63)70(121-94)52-108-48-62-25-15-10-16-26-62/h10-46,70-73,75-86,91-94,106H,47-55H2,1-9H3/t70-,71-,72-,73-,75-,76-,77-,78-,79+,80+,81+,82+,83-,84-,85-,86-,91+,92-,93-,94+/m1/s1. The van der Waals surface area contributed by atoms with Crippen LogP contribution in [0, 0.1) is 26.2 Å². The smallest absolute Gasteiger partial charge is 0.338 e. The number of aliphatic hydroxyl groups excluding tert-OH is 1. The number of carbonyl (C=O) groups is 9. The molecule has 12 rings (SSSR count). The largest absolute Gasteiger partial charge is 0.462 e. The highest BCUT2D eigenvalue weighted by molar-refractivity contribution is 6.26. The van der Waals surface area contributed by atoms with Crippen LogP contribution in [0.2, 0.25) is 0 Å². The lowest BCUT2D eigenvalue weighted by molar-refractivity contribution is -0.377. The number of ether oxygens (including phenoxy) is 20. The average Bonchev–Trinajstić information content (AvgIpc) is 0.771. The Morgan fingerprint density at radius 1 is 0.323 bits per heavy atom. The normalized spacial score (nSPS) is 25.8. The van der Waals surface area contributed by atoms with Gasteiger partial charge in [-0.15, -0.1) is 11.6 Å². The van der Waals surface area contributed by atoms with Gasteiger partial charge in [-0.2, -0.15) is 0 Å². The van der Waals surface area contributed by atoms with Crippen molar-refractivity contribution in [1.82, 2.24) is 0 Å². The van der Waals surface area contributed by atoms with Crippen LogP contribution in [0.5, 0.6) is 0 Å². The van der Waals surface area contributed by atoms with E-state index in [1.54, 1.807) is 126 Å². The molecule has 0 unspecified atom stereocenters. The van der Waals surface area contributed by atoms with Gasteiger partial charge in [-0.05, 0) is 112 Å². The Labute approximate surface area is 739 Å². The second kappa shape index (κ2) is 45.5. The van der Waals surface area contributed by atoms with Crippen LogP contribution in [-0.4, -0.2) is 214 Å². The first-order chi connectivity index (χ1) is 61.1. The molecule has 0 aliphatic carbocycles. The number of carbonyl (C=O) groups excluding carboxylic acids is 9. The molecule has 0 spiro atoms. The molecule has 674 valence electrons. The molecule has 0 aromatic heterocycles. The maximum absolute atomic E-state index is 15.5. The van der Waals surface area contributed by atoms with Crippen LogP contribution < -0.4 is 0 Å². The van der Waals surface area contributed by atoms with Gasteiger partial charge < -0.3 is 99.8 Å². The molecule has 1 N–H and O–H groups in total. The molecular weight excluding hydrogens is 1670 g/mol. The molecule has 0 bridgehead atoms. The zero-order valence-corrected chi connectivity index (χ0v) is 72.2. The van der Waals surface area contributed by atoms with E-state index in [4.69, 9.17) is 106 Å². The van der Waals surface area contributed by atoms with Crippen molar-refractivity contribution in [2.24, 2.45) is 5.41 Å². The minimum atomic E-state index is -2.14. The molecule has 127 heavy (non-hydrogen) atoms. The topological polar surface area (TPSA) is 358 Å². The molecule has 4 aliphatic rings. The van der Waals surface area contributed by atoms with Crippen LogP contribution in [0.4, 0.5) is 0 Å². The molecule has 0 amide bonds. The van der Waals surface area contributed by atoms with E-state index in [1.165, 1.54) is 48.5 Å². The predicted octanol–water partition coefficient (Wildman–Crippen LogP) is 11.6. The molecular formula is C96H103ClO30. The molecule has 8 aromatic carbocycles. The second-order valence-corrected chi connectivity index (χ2v) is 32.1. The van der Waals surface area contributed by atoms with Crippen LogP contribution in [0.15, 0.2) is 224 Å². The highest BCUT2D eigenvalue weighted by Crippen LogP contribution is 2.41. The van der Waals surface area contributed by atoms with Gasteiger partial charge in [-0.25, -0.2) is 19.2 Å². The van der Waals surface area contributed by atoms with Gasteiger partial charge in [0.15, 0.2) is 74.0 Å². The number of alkyl halides is 1. The molecule has 20 atom stereocenters. The second-order valence-electron chi connectivity index (χ2n) is 31.8. The minimum absolute atomic E-state index is 0.00812. The number of aryl methyl sites for hydroxylation is 3. The van der Waals surface area contributed by atoms with Crippen molar-refractivity contribution in [2.75, 3.05) is 32.3 Å². The Kier molecular flexibility index (Phi) is 34.0. The molecule has 0 radical (unpaired) electrons. The van der Waals surface area contributed by atoms with Crippen molar-refractivity contribution in [2.45, 2.75) is 212 Å². The monoisotopic (exact) mass is 1770 g/mol. The zero-order chi connectivity index (χ0) is 90.3. The number of hydrogen-bond acceptors (Lipinski definition) is 30. The Hall–Kier alpha value is -11.2. The fraction of sp³-hybridized carbons (Fsp3) is 0.406. The third-order valence-electron chi connectivity index (χ3n) is 20.9. The van der Waals surface area contributed by atoms with Crippen molar-refractivity contribution in [3.8, 4) is 0 Å². The quantitative estimate of drug-likeness (QED) is 0.0216. The maximum Gasteiger partial charge on any atom is 0.338 e. The van der Waals surface area contributed by atoms with Gasteiger partial charge in [0.05, 0.1) is 73.9 Å². The molecule has 8 aromatic rings. The first-order valence-electron chi connectivity index (χ1n) is 41.4. The van der Waals surface area contributed by atoms with Crippen molar-refractivity contribution in [3.63, 3.8) is 0 Å².